The zero-order chi connectivity index (χ0) is 23.4. The van der Waals surface area contributed by atoms with E-state index < -0.39 is 5.25 Å². The van der Waals surface area contributed by atoms with Gasteiger partial charge in [0.05, 0.1) is 18.9 Å². The quantitative estimate of drug-likeness (QED) is 0.445. The number of nitrogens with zero attached hydrogens (tertiary/aromatic N) is 1. The lowest BCUT2D eigenvalue weighted by Crippen LogP contribution is -2.31. The molecule has 0 N–H and O–H groups in total. The van der Waals surface area contributed by atoms with Crippen molar-refractivity contribution in [2.45, 2.75) is 24.8 Å². The van der Waals surface area contributed by atoms with Crippen molar-refractivity contribution in [3.05, 3.63) is 95.1 Å². The molecule has 1 aliphatic heterocycles. The van der Waals surface area contributed by atoms with Crippen LogP contribution in [0.4, 0.5) is 13.6 Å². The lowest BCUT2D eigenvalue weighted by Gasteiger charge is -2.15. The highest BCUT2D eigenvalue weighted by Crippen LogP contribution is 2.34. The minimum absolute atomic E-state index is 0.0478. The molecule has 5 nitrogen and oxygen atoms in total. The average molecular weight is 470 g/mol. The monoisotopic (exact) mass is 469 g/mol. The van der Waals surface area contributed by atoms with Crippen molar-refractivity contribution in [1.29, 1.82) is 0 Å². The number of amides is 2. The van der Waals surface area contributed by atoms with Gasteiger partial charge >= 0.3 is 0 Å². The second-order valence-electron chi connectivity index (χ2n) is 7.49. The van der Waals surface area contributed by atoms with E-state index in [2.05, 4.69) is 0 Å². The number of carbonyl (C=O) groups is 2. The molecule has 0 spiro atoms. The summed E-state index contributed by atoms with van der Waals surface area (Å²) in [7, 11) is 1.50. The van der Waals surface area contributed by atoms with Gasteiger partial charge in [0, 0.05) is 5.56 Å². The number of ether oxygens (including phenoxy) is 2. The number of carbonyl (C=O) groups excluding carboxylic acids is 2. The molecular formula is C25H21F2NO4S. The van der Waals surface area contributed by atoms with E-state index in [1.165, 1.54) is 30.2 Å². The van der Waals surface area contributed by atoms with Crippen molar-refractivity contribution in [1.82, 2.24) is 4.90 Å². The van der Waals surface area contributed by atoms with Gasteiger partial charge in [-0.3, -0.25) is 14.5 Å². The molecule has 1 atom stereocenters. The van der Waals surface area contributed by atoms with Crippen LogP contribution in [0.3, 0.4) is 0 Å². The Bertz CT molecular complexity index is 1170. The molecule has 2 amide bonds. The van der Waals surface area contributed by atoms with Crippen molar-refractivity contribution in [3.63, 3.8) is 0 Å². The van der Waals surface area contributed by atoms with E-state index in [1.807, 2.05) is 0 Å². The molecule has 0 unspecified atom stereocenters. The summed E-state index contributed by atoms with van der Waals surface area (Å²) in [4.78, 5) is 26.4. The largest absolute Gasteiger partial charge is 0.493 e. The predicted molar refractivity (Wildman–Crippen MR) is 121 cm³/mol. The highest BCUT2D eigenvalue weighted by atomic mass is 32.2. The molecule has 1 fully saturated rings. The summed E-state index contributed by atoms with van der Waals surface area (Å²) in [6.07, 6.45) is 0.332. The van der Waals surface area contributed by atoms with Gasteiger partial charge in [-0.1, -0.05) is 48.2 Å². The van der Waals surface area contributed by atoms with Crippen LogP contribution in [-0.4, -0.2) is 28.4 Å². The van der Waals surface area contributed by atoms with Crippen molar-refractivity contribution in [2.75, 3.05) is 7.11 Å². The van der Waals surface area contributed by atoms with Gasteiger partial charge in [0.25, 0.3) is 5.24 Å². The Morgan fingerprint density at radius 1 is 0.939 bits per heavy atom. The molecule has 1 saturated heterocycles. The van der Waals surface area contributed by atoms with Gasteiger partial charge in [-0.25, -0.2) is 8.78 Å². The van der Waals surface area contributed by atoms with Crippen LogP contribution in [-0.2, 0) is 24.4 Å². The molecule has 0 saturated carbocycles. The first-order valence-corrected chi connectivity index (χ1v) is 11.1. The van der Waals surface area contributed by atoms with Crippen molar-refractivity contribution in [3.8, 4) is 11.5 Å². The molecule has 0 bridgehead atoms. The predicted octanol–water partition coefficient (Wildman–Crippen LogP) is 5.36. The normalized spacial score (nSPS) is 15.7. The van der Waals surface area contributed by atoms with Crippen LogP contribution in [0.2, 0.25) is 0 Å². The Hall–Kier alpha value is -3.39. The summed E-state index contributed by atoms with van der Waals surface area (Å²) >= 11 is 0.975. The van der Waals surface area contributed by atoms with E-state index in [0.29, 0.717) is 29.0 Å². The van der Waals surface area contributed by atoms with Crippen LogP contribution in [0, 0.1) is 11.6 Å². The fourth-order valence-electron chi connectivity index (χ4n) is 3.49. The second kappa shape index (κ2) is 10.0. The number of imide groups is 1. The number of hydrogen-bond acceptors (Lipinski definition) is 5. The zero-order valence-corrected chi connectivity index (χ0v) is 18.6. The first kappa shape index (κ1) is 22.8. The molecule has 0 aromatic heterocycles. The van der Waals surface area contributed by atoms with Gasteiger partial charge in [-0.05, 0) is 47.9 Å². The smallest absolute Gasteiger partial charge is 0.289 e. The Morgan fingerprint density at radius 2 is 1.67 bits per heavy atom. The van der Waals surface area contributed by atoms with E-state index in [0.717, 1.165) is 17.3 Å². The van der Waals surface area contributed by atoms with Crippen molar-refractivity contribution >= 4 is 22.9 Å². The number of halogens is 2. The standard InChI is InChI=1S/C25H21F2NO4S/c1-31-22-12-17(8-11-21(22)32-15-18-4-2-3-5-20(18)27)13-23-24(29)28(25(30)33-23)14-16-6-9-19(26)10-7-16/h2-12,23H,13-15H2,1H3/t23-/m1/s1. The molecule has 1 aliphatic rings. The van der Waals surface area contributed by atoms with E-state index in [1.54, 1.807) is 48.5 Å². The third-order valence-corrected chi connectivity index (χ3v) is 6.32. The van der Waals surface area contributed by atoms with Crippen LogP contribution >= 0.6 is 11.8 Å². The summed E-state index contributed by atoms with van der Waals surface area (Å²) < 4.78 is 38.1. The fourth-order valence-corrected chi connectivity index (χ4v) is 4.52. The van der Waals surface area contributed by atoms with Gasteiger partial charge in [-0.15, -0.1) is 0 Å². The van der Waals surface area contributed by atoms with Gasteiger partial charge in [0.15, 0.2) is 11.5 Å². The number of thioether (sulfide) groups is 1. The second-order valence-corrected chi connectivity index (χ2v) is 8.65. The highest BCUT2D eigenvalue weighted by Gasteiger charge is 2.39. The van der Waals surface area contributed by atoms with Gasteiger partial charge in [0.1, 0.15) is 18.2 Å². The maximum Gasteiger partial charge on any atom is 0.289 e. The number of hydrogen-bond donors (Lipinski definition) is 0. The number of rotatable bonds is 8. The summed E-state index contributed by atoms with van der Waals surface area (Å²) in [6, 6.07) is 17.3. The summed E-state index contributed by atoms with van der Waals surface area (Å²) in [5, 5.41) is -0.890. The van der Waals surface area contributed by atoms with E-state index in [-0.39, 0.29) is 35.9 Å². The zero-order valence-electron chi connectivity index (χ0n) is 17.8. The average Bonchev–Trinajstić information content (AvgIpc) is 3.07. The highest BCUT2D eigenvalue weighted by molar-refractivity contribution is 8.15. The molecule has 1 heterocycles. The first-order chi connectivity index (χ1) is 15.9. The van der Waals surface area contributed by atoms with Crippen LogP contribution in [0.15, 0.2) is 66.7 Å². The minimum Gasteiger partial charge on any atom is -0.493 e. The molecule has 8 heteroatoms. The fraction of sp³-hybridized carbons (Fsp3) is 0.200. The third-order valence-electron chi connectivity index (χ3n) is 5.25. The van der Waals surface area contributed by atoms with Crippen LogP contribution in [0.1, 0.15) is 16.7 Å². The SMILES string of the molecule is COc1cc(C[C@H]2SC(=O)N(Cc3ccc(F)cc3)C2=O)ccc1OCc1ccccc1F. The first-order valence-electron chi connectivity index (χ1n) is 10.2. The van der Waals surface area contributed by atoms with E-state index in [4.69, 9.17) is 9.47 Å². The molecule has 0 radical (unpaired) electrons. The Kier molecular flexibility index (Phi) is 6.93. The molecule has 3 aromatic carbocycles. The van der Waals surface area contributed by atoms with Crippen LogP contribution in [0.5, 0.6) is 11.5 Å². The Balaban J connectivity index is 1.42. The lowest BCUT2D eigenvalue weighted by molar-refractivity contribution is -0.127. The van der Waals surface area contributed by atoms with Crippen LogP contribution in [0.25, 0.3) is 0 Å². The number of benzene rings is 3. The summed E-state index contributed by atoms with van der Waals surface area (Å²) in [5.74, 6) is -0.106. The number of methoxy groups -OCH3 is 1. The van der Waals surface area contributed by atoms with Crippen molar-refractivity contribution in [2.24, 2.45) is 0 Å². The maximum absolute atomic E-state index is 13.8. The minimum atomic E-state index is -0.562. The Morgan fingerprint density at radius 3 is 2.39 bits per heavy atom. The Labute approximate surface area is 194 Å². The molecule has 0 aliphatic carbocycles. The summed E-state index contributed by atoms with van der Waals surface area (Å²) in [6.45, 7) is 0.153. The molecular weight excluding hydrogens is 448 g/mol. The van der Waals surface area contributed by atoms with E-state index in [9.17, 15) is 18.4 Å². The lowest BCUT2D eigenvalue weighted by atomic mass is 10.1. The van der Waals surface area contributed by atoms with Gasteiger partial charge < -0.3 is 9.47 Å². The molecule has 33 heavy (non-hydrogen) atoms. The van der Waals surface area contributed by atoms with Gasteiger partial charge in [0.2, 0.25) is 5.91 Å². The summed E-state index contributed by atoms with van der Waals surface area (Å²) in [5.41, 5.74) is 1.90. The molecule has 3 aromatic rings. The van der Waals surface area contributed by atoms with Crippen LogP contribution < -0.4 is 9.47 Å². The van der Waals surface area contributed by atoms with E-state index >= 15 is 0 Å². The van der Waals surface area contributed by atoms with Crippen molar-refractivity contribution < 1.29 is 27.8 Å². The topological polar surface area (TPSA) is 55.8 Å². The third kappa shape index (κ3) is 5.34. The molecule has 4 rings (SSSR count). The van der Waals surface area contributed by atoms with Gasteiger partial charge in [-0.2, -0.15) is 0 Å². The maximum atomic E-state index is 13.8. The molecule has 170 valence electrons.